The molecule has 1 saturated heterocycles. The topological polar surface area (TPSA) is 94.9 Å². The van der Waals surface area contributed by atoms with Crippen molar-refractivity contribution in [2.75, 3.05) is 4.90 Å². The Bertz CT molecular complexity index is 1190. The fourth-order valence-corrected chi connectivity index (χ4v) is 9.81. The summed E-state index contributed by atoms with van der Waals surface area (Å²) in [6.07, 6.45) is 7.35. The number of phenols is 1. The molecule has 5 aliphatic carbocycles. The standard InChI is InChI=1S/C30H37NO5/c1-16(2)20-15-30-13-10-21-28(3,11-5-12-29(21,4)27(35)36)22(30)14-19(20)23-24(30)26(34)31(25(23)33)17-6-8-18(32)9-7-17/h6-9,15-16,19,21-24,32H,5,10-14H2,1-4H3,(H,35,36)/t19-,21-,22-,23-,24+,28+,29-,30+/m0/s1. The van der Waals surface area contributed by atoms with E-state index in [2.05, 4.69) is 26.8 Å². The highest BCUT2D eigenvalue weighted by Crippen LogP contribution is 2.74. The minimum atomic E-state index is -0.747. The van der Waals surface area contributed by atoms with Crippen LogP contribution in [0.15, 0.2) is 35.9 Å². The number of anilines is 1. The summed E-state index contributed by atoms with van der Waals surface area (Å²) in [7, 11) is 0. The Morgan fingerprint density at radius 3 is 2.36 bits per heavy atom. The van der Waals surface area contributed by atoms with Crippen molar-refractivity contribution >= 4 is 23.5 Å². The molecule has 192 valence electrons. The first kappa shape index (κ1) is 23.7. The SMILES string of the molecule is CC(C)C1=C[C@]23CC[C@H]4[C@@](C)(CCC[C@]4(C)C(=O)O)[C@@H]2C[C@@H]1[C@@H]1C(=O)N(c2ccc(O)cc2)C(=O)[C@@H]13. The van der Waals surface area contributed by atoms with E-state index in [1.807, 2.05) is 6.92 Å². The molecule has 1 spiro atoms. The lowest BCUT2D eigenvalue weighted by Gasteiger charge is -2.68. The summed E-state index contributed by atoms with van der Waals surface area (Å²) in [5.41, 5.74) is 0.482. The number of carbonyl (C=O) groups is 3. The van der Waals surface area contributed by atoms with Gasteiger partial charge in [0.2, 0.25) is 11.8 Å². The highest BCUT2D eigenvalue weighted by atomic mass is 16.4. The fourth-order valence-electron chi connectivity index (χ4n) is 9.81. The molecule has 6 aliphatic rings. The summed E-state index contributed by atoms with van der Waals surface area (Å²) in [5, 5.41) is 20.0. The Hall–Kier alpha value is -2.63. The first-order chi connectivity index (χ1) is 17.0. The monoisotopic (exact) mass is 491 g/mol. The van der Waals surface area contributed by atoms with Crippen molar-refractivity contribution in [1.29, 1.82) is 0 Å². The van der Waals surface area contributed by atoms with Gasteiger partial charge >= 0.3 is 5.97 Å². The smallest absolute Gasteiger partial charge is 0.309 e. The van der Waals surface area contributed by atoms with Gasteiger partial charge in [-0.15, -0.1) is 0 Å². The summed E-state index contributed by atoms with van der Waals surface area (Å²) in [5.74, 6) is -1.04. The van der Waals surface area contributed by atoms with Gasteiger partial charge in [-0.2, -0.15) is 0 Å². The van der Waals surface area contributed by atoms with Crippen LogP contribution in [0.1, 0.15) is 66.2 Å². The maximum Gasteiger partial charge on any atom is 0.309 e. The zero-order valence-corrected chi connectivity index (χ0v) is 21.7. The Balaban J connectivity index is 1.49. The highest BCUT2D eigenvalue weighted by molar-refractivity contribution is 6.23. The first-order valence-electron chi connectivity index (χ1n) is 13.6. The molecule has 7 rings (SSSR count). The van der Waals surface area contributed by atoms with Crippen molar-refractivity contribution in [2.45, 2.75) is 66.2 Å². The van der Waals surface area contributed by atoms with E-state index < -0.39 is 22.7 Å². The van der Waals surface area contributed by atoms with Gasteiger partial charge in [-0.1, -0.05) is 38.8 Å². The maximum atomic E-state index is 14.2. The molecule has 8 atom stereocenters. The number of phenolic OH excluding ortho intramolecular Hbond substituents is 1. The number of hydrogen-bond donors (Lipinski definition) is 2. The third-order valence-corrected chi connectivity index (χ3v) is 11.3. The van der Waals surface area contributed by atoms with Crippen LogP contribution in [0.25, 0.3) is 0 Å². The largest absolute Gasteiger partial charge is 0.508 e. The number of imide groups is 1. The molecule has 1 aromatic rings. The molecule has 1 aliphatic heterocycles. The van der Waals surface area contributed by atoms with E-state index in [-0.39, 0.29) is 46.7 Å². The van der Waals surface area contributed by atoms with Gasteiger partial charge in [0, 0.05) is 5.41 Å². The molecule has 4 fully saturated rings. The predicted octanol–water partition coefficient (Wildman–Crippen LogP) is 5.41. The van der Waals surface area contributed by atoms with Crippen LogP contribution in [0, 0.1) is 51.8 Å². The normalized spacial score (nSPS) is 43.2. The second kappa shape index (κ2) is 7.45. The van der Waals surface area contributed by atoms with Crippen LogP contribution in [0.4, 0.5) is 5.69 Å². The zero-order chi connectivity index (χ0) is 25.8. The van der Waals surface area contributed by atoms with Gasteiger partial charge in [0.25, 0.3) is 0 Å². The number of carboxylic acid groups (broad SMARTS) is 1. The molecular weight excluding hydrogens is 454 g/mol. The maximum absolute atomic E-state index is 14.2. The second-order valence-electron chi connectivity index (χ2n) is 13.0. The molecule has 6 nitrogen and oxygen atoms in total. The van der Waals surface area contributed by atoms with E-state index in [9.17, 15) is 24.6 Å². The number of benzene rings is 1. The third kappa shape index (κ3) is 2.76. The molecule has 1 aromatic carbocycles. The number of fused-ring (bicyclic) bond motifs is 1. The number of amides is 2. The molecule has 0 aromatic heterocycles. The van der Waals surface area contributed by atoms with Gasteiger partial charge in [-0.05, 0) is 92.4 Å². The first-order valence-corrected chi connectivity index (χ1v) is 13.6. The number of hydrogen-bond acceptors (Lipinski definition) is 4. The van der Waals surface area contributed by atoms with E-state index >= 15 is 0 Å². The number of carboxylic acids is 1. The predicted molar refractivity (Wildman–Crippen MR) is 135 cm³/mol. The van der Waals surface area contributed by atoms with Crippen molar-refractivity contribution in [1.82, 2.24) is 0 Å². The Morgan fingerprint density at radius 1 is 1.03 bits per heavy atom. The lowest BCUT2D eigenvalue weighted by molar-refractivity contribution is -0.194. The van der Waals surface area contributed by atoms with E-state index in [0.29, 0.717) is 18.0 Å². The number of aromatic hydroxyl groups is 1. The fraction of sp³-hybridized carbons (Fsp3) is 0.633. The van der Waals surface area contributed by atoms with E-state index in [1.165, 1.54) is 22.6 Å². The third-order valence-electron chi connectivity index (χ3n) is 11.3. The molecule has 2 bridgehead atoms. The summed E-state index contributed by atoms with van der Waals surface area (Å²) in [6.45, 7) is 8.59. The van der Waals surface area contributed by atoms with Crippen LogP contribution in [-0.2, 0) is 14.4 Å². The van der Waals surface area contributed by atoms with Crippen LogP contribution >= 0.6 is 0 Å². The lowest BCUT2D eigenvalue weighted by atomic mass is 9.34. The van der Waals surface area contributed by atoms with Crippen molar-refractivity contribution in [3.05, 3.63) is 35.9 Å². The van der Waals surface area contributed by atoms with Crippen LogP contribution in [0.3, 0.4) is 0 Å². The molecule has 3 saturated carbocycles. The Morgan fingerprint density at radius 2 is 1.72 bits per heavy atom. The molecule has 2 N–H and O–H groups in total. The molecule has 6 heteroatoms. The average molecular weight is 492 g/mol. The number of rotatable bonds is 3. The minimum absolute atomic E-state index is 0.00836. The molecule has 0 radical (unpaired) electrons. The van der Waals surface area contributed by atoms with Gasteiger partial charge < -0.3 is 10.2 Å². The molecular formula is C30H37NO5. The van der Waals surface area contributed by atoms with Gasteiger partial charge in [-0.3, -0.25) is 19.3 Å². The van der Waals surface area contributed by atoms with E-state index in [0.717, 1.165) is 32.1 Å². The van der Waals surface area contributed by atoms with Crippen molar-refractivity contribution in [3.8, 4) is 5.75 Å². The highest BCUT2D eigenvalue weighted by Gasteiger charge is 2.73. The van der Waals surface area contributed by atoms with Crippen molar-refractivity contribution in [3.63, 3.8) is 0 Å². The minimum Gasteiger partial charge on any atom is -0.508 e. The Kier molecular flexibility index (Phi) is 4.92. The molecule has 2 amide bonds. The molecule has 0 unspecified atom stereocenters. The lowest BCUT2D eigenvalue weighted by Crippen LogP contribution is -2.65. The average Bonchev–Trinajstić information content (AvgIpc) is 3.11. The van der Waals surface area contributed by atoms with Crippen LogP contribution in [0.5, 0.6) is 5.75 Å². The Labute approximate surface area is 212 Å². The summed E-state index contributed by atoms with van der Waals surface area (Å²) in [6, 6.07) is 6.33. The number of carbonyl (C=O) groups excluding carboxylic acids is 2. The van der Waals surface area contributed by atoms with Gasteiger partial charge in [0.05, 0.1) is 22.9 Å². The summed E-state index contributed by atoms with van der Waals surface area (Å²) >= 11 is 0. The molecule has 1 heterocycles. The van der Waals surface area contributed by atoms with E-state index in [1.54, 1.807) is 12.1 Å². The van der Waals surface area contributed by atoms with Crippen LogP contribution in [-0.4, -0.2) is 28.0 Å². The van der Waals surface area contributed by atoms with Crippen LogP contribution in [0.2, 0.25) is 0 Å². The van der Waals surface area contributed by atoms with Crippen molar-refractivity contribution < 1.29 is 24.6 Å². The van der Waals surface area contributed by atoms with Gasteiger partial charge in [0.15, 0.2) is 0 Å². The number of aliphatic carboxylic acids is 1. The number of allylic oxidation sites excluding steroid dienone is 2. The summed E-state index contributed by atoms with van der Waals surface area (Å²) < 4.78 is 0. The van der Waals surface area contributed by atoms with Gasteiger partial charge in [-0.25, -0.2) is 0 Å². The van der Waals surface area contributed by atoms with E-state index in [4.69, 9.17) is 0 Å². The van der Waals surface area contributed by atoms with Gasteiger partial charge in [0.1, 0.15) is 5.75 Å². The molecule has 36 heavy (non-hydrogen) atoms. The zero-order valence-electron chi connectivity index (χ0n) is 21.7. The summed E-state index contributed by atoms with van der Waals surface area (Å²) in [4.78, 5) is 42.0. The number of nitrogens with zero attached hydrogens (tertiary/aromatic N) is 1. The van der Waals surface area contributed by atoms with Crippen LogP contribution < -0.4 is 4.90 Å². The quantitative estimate of drug-likeness (QED) is 0.436. The second-order valence-corrected chi connectivity index (χ2v) is 13.0. The van der Waals surface area contributed by atoms with Crippen molar-refractivity contribution in [2.24, 2.45) is 51.8 Å².